The summed E-state index contributed by atoms with van der Waals surface area (Å²) in [6, 6.07) is 5.65. The molecule has 1 fully saturated rings. The number of rotatable bonds is 21. The molecule has 0 radical (unpaired) electrons. The molecule has 0 aromatic heterocycles. The number of hydrogen-bond donors (Lipinski definition) is 4. The Balaban J connectivity index is 2.47. The van der Waals surface area contributed by atoms with Crippen LogP contribution in [0.4, 0.5) is 0 Å². The van der Waals surface area contributed by atoms with Crippen LogP contribution in [0.3, 0.4) is 0 Å². The normalized spacial score (nSPS) is 25.0. The van der Waals surface area contributed by atoms with E-state index in [9.17, 15) is 19.2 Å². The van der Waals surface area contributed by atoms with Crippen LogP contribution < -0.4 is 31.6 Å². The first-order chi connectivity index (χ1) is 49.7. The quantitative estimate of drug-likeness (QED) is 0.0569. The van der Waals surface area contributed by atoms with Crippen LogP contribution in [0.15, 0.2) is 72.8 Å². The predicted molar refractivity (Wildman–Crippen MR) is 420 cm³/mol. The highest BCUT2D eigenvalue weighted by molar-refractivity contribution is 6.99. The van der Waals surface area contributed by atoms with Gasteiger partial charge in [-0.25, -0.2) is 0 Å². The smallest absolute Gasteiger partial charge is 0.303 e. The van der Waals surface area contributed by atoms with E-state index in [1.165, 1.54) is 102 Å². The number of benzene rings is 2. The van der Waals surface area contributed by atoms with Gasteiger partial charge in [0.1, 0.15) is 72.6 Å². The molecule has 11 amide bonds. The van der Waals surface area contributed by atoms with Gasteiger partial charge in [0.2, 0.25) is 65.0 Å². The molecule has 2 aromatic rings. The summed E-state index contributed by atoms with van der Waals surface area (Å²) in [6.45, 7) is 37.2. The van der Waals surface area contributed by atoms with Gasteiger partial charge in [-0.05, 0) is 123 Å². The number of hydrogen-bond acceptors (Lipinski definition) is 14. The third-order valence-electron chi connectivity index (χ3n) is 20.9. The van der Waals surface area contributed by atoms with Gasteiger partial charge in [-0.15, -0.1) is 0 Å². The first-order valence-electron chi connectivity index (χ1n) is 38.3. The zero-order chi connectivity index (χ0) is 81.8. The lowest BCUT2D eigenvalue weighted by molar-refractivity contribution is -0.164. The van der Waals surface area contributed by atoms with Crippen LogP contribution in [0, 0.1) is 41.4 Å². The molecular weight excluding hydrogens is 1380 g/mol. The summed E-state index contributed by atoms with van der Waals surface area (Å²) in [7, 11) is 6.83. The molecule has 2 aromatic carbocycles. The van der Waals surface area contributed by atoms with Gasteiger partial charge in [-0.3, -0.25) is 57.5 Å². The molecule has 1 aliphatic heterocycles. The number of allylic oxidation sites excluding steroid dienone is 2. The van der Waals surface area contributed by atoms with E-state index in [-0.39, 0.29) is 62.9 Å². The molecule has 25 nitrogen and oxygen atoms in total. The van der Waals surface area contributed by atoms with E-state index in [2.05, 4.69) is 66.3 Å². The highest BCUT2D eigenvalue weighted by Crippen LogP contribution is 2.38. The molecule has 600 valence electrons. The maximum absolute atomic E-state index is 15.7. The van der Waals surface area contributed by atoms with Crippen molar-refractivity contribution in [3.8, 4) is 0 Å². The van der Waals surface area contributed by atoms with E-state index < -0.39 is 181 Å². The predicted octanol–water partition coefficient (Wildman–Crippen LogP) is 6.79. The number of amides is 11. The second-order valence-electron chi connectivity index (χ2n) is 32.6. The van der Waals surface area contributed by atoms with Gasteiger partial charge in [0, 0.05) is 62.9 Å². The fourth-order valence-electron chi connectivity index (χ4n) is 14.5. The number of nitrogens with zero attached hydrogens (tertiary/aromatic N) is 7. The highest BCUT2D eigenvalue weighted by Gasteiger charge is 2.52. The number of esters is 1. The minimum atomic E-state index is -3.16. The first kappa shape index (κ1) is 93.2. The lowest BCUT2D eigenvalue weighted by atomic mass is 9.91. The van der Waals surface area contributed by atoms with Crippen LogP contribution in [-0.4, -0.2) is 242 Å². The Kier molecular flexibility index (Phi) is 36.2. The lowest BCUT2D eigenvalue weighted by Crippen LogP contribution is -2.66. The Labute approximate surface area is 640 Å². The summed E-state index contributed by atoms with van der Waals surface area (Å²) >= 11 is 0. The summed E-state index contributed by atoms with van der Waals surface area (Å²) < 4.78 is 13.4. The van der Waals surface area contributed by atoms with Crippen molar-refractivity contribution in [3.63, 3.8) is 0 Å². The van der Waals surface area contributed by atoms with Gasteiger partial charge in [-0.1, -0.05) is 184 Å². The fraction of sp³-hybridized carbons (Fsp3) is 0.679. The van der Waals surface area contributed by atoms with Crippen LogP contribution in [0.1, 0.15) is 184 Å². The van der Waals surface area contributed by atoms with Crippen molar-refractivity contribution in [3.05, 3.63) is 72.8 Å². The number of likely N-dealkylation sites (N-methyl/N-ethyl adjacent to an activating group) is 7. The zero-order valence-electron chi connectivity index (χ0n) is 69.7. The van der Waals surface area contributed by atoms with Gasteiger partial charge in [0.15, 0.2) is 0 Å². The molecule has 0 saturated carbocycles. The fourth-order valence-corrected chi connectivity index (χ4v) is 19.1. The Bertz CT molecular complexity index is 3320. The minimum Gasteiger partial charge on any atom is -0.459 e. The van der Waals surface area contributed by atoms with E-state index >= 15 is 38.4 Å². The Morgan fingerprint density at radius 3 is 1.38 bits per heavy atom. The van der Waals surface area contributed by atoms with Gasteiger partial charge < -0.3 is 64.7 Å². The zero-order valence-corrected chi connectivity index (χ0v) is 70.7. The van der Waals surface area contributed by atoms with Crippen LogP contribution in [0.2, 0.25) is 5.04 Å². The summed E-state index contributed by atoms with van der Waals surface area (Å²) in [5.74, 6) is -11.7. The Morgan fingerprint density at radius 1 is 0.495 bits per heavy atom. The topological polar surface area (TPSA) is 294 Å². The van der Waals surface area contributed by atoms with E-state index in [0.29, 0.717) is 0 Å². The van der Waals surface area contributed by atoms with Gasteiger partial charge in [0.25, 0.3) is 8.32 Å². The number of carbonyl (C=O) groups excluding carboxylic acids is 12. The molecule has 3 rings (SSSR count). The number of carbonyl (C=O) groups is 12. The van der Waals surface area contributed by atoms with Crippen molar-refractivity contribution < 1.29 is 66.7 Å². The average molecular weight is 1510 g/mol. The molecule has 14 atom stereocenters. The second kappa shape index (κ2) is 41.5. The molecule has 0 bridgehead atoms. The standard InChI is InChI=1S/C81H133N11O14Si/c1-29-31-38-54(14)69(106-58(18)93)68-73(97)84-61(30-2)76(100)86(22)57(17)75(99)91(27)67(53(13)43-44-105-107(81(19,20)21,59-39-34-32-35-40-59)60-41-36-33-37-42-60)72(96)85-65(51(9)10)79(103)87(23)62(45-48(3)4)71(95)82-55(15)70(94)83-56(16)74(98)88(24)63(46-49(5)6)77(101)89(25)64(47-50(7)8)78(102)90(26)66(52(11)12)80(104)92(68)28/h29,31-37,39-42,48-57,61-69H,30,38,43-47H2,1-28H3,(H,82,95)(H,83,94)(H,84,97)(H,85,96)/b31-29+/t53-,54-,55+,56-,57-,61+,62+,63+,64+,65+,66+,67+,68+,69-/m1/s1. The summed E-state index contributed by atoms with van der Waals surface area (Å²) in [5.41, 5.74) is 0. The minimum absolute atomic E-state index is 0.0427. The first-order valence-corrected chi connectivity index (χ1v) is 40.2. The molecule has 107 heavy (non-hydrogen) atoms. The van der Waals surface area contributed by atoms with Crippen molar-refractivity contribution in [2.75, 3.05) is 55.9 Å². The van der Waals surface area contributed by atoms with E-state index in [1.807, 2.05) is 90.9 Å². The summed E-state index contributed by atoms with van der Waals surface area (Å²) in [6.07, 6.45) is 3.06. The third-order valence-corrected chi connectivity index (χ3v) is 25.9. The molecule has 26 heteroatoms. The van der Waals surface area contributed by atoms with Gasteiger partial charge in [-0.2, -0.15) is 0 Å². The van der Waals surface area contributed by atoms with Crippen molar-refractivity contribution in [2.45, 2.75) is 262 Å². The largest absolute Gasteiger partial charge is 0.459 e. The molecule has 0 aliphatic carbocycles. The molecule has 1 heterocycles. The van der Waals surface area contributed by atoms with Crippen molar-refractivity contribution >= 4 is 89.6 Å². The van der Waals surface area contributed by atoms with Crippen LogP contribution in [-0.2, 0) is 66.7 Å². The highest BCUT2D eigenvalue weighted by atomic mass is 28.4. The molecule has 1 saturated heterocycles. The molecular formula is C81H133N11O14Si. The summed E-state index contributed by atoms with van der Waals surface area (Å²) in [4.78, 5) is 189. The lowest BCUT2D eigenvalue weighted by Gasteiger charge is -2.43. The summed E-state index contributed by atoms with van der Waals surface area (Å²) in [5, 5.41) is 12.9. The van der Waals surface area contributed by atoms with Crippen molar-refractivity contribution in [1.82, 2.24) is 55.6 Å². The number of ether oxygens (including phenoxy) is 1. The third kappa shape index (κ3) is 24.0. The van der Waals surface area contributed by atoms with Crippen LogP contribution in [0.25, 0.3) is 0 Å². The molecule has 1 aliphatic rings. The van der Waals surface area contributed by atoms with Gasteiger partial charge >= 0.3 is 5.97 Å². The van der Waals surface area contributed by atoms with Gasteiger partial charge in [0.05, 0.1) is 0 Å². The van der Waals surface area contributed by atoms with E-state index in [4.69, 9.17) is 9.16 Å². The molecule has 0 spiro atoms. The Hall–Kier alpha value is -8.00. The van der Waals surface area contributed by atoms with E-state index in [0.717, 1.165) is 20.2 Å². The van der Waals surface area contributed by atoms with Crippen LogP contribution >= 0.6 is 0 Å². The monoisotopic (exact) mass is 1510 g/mol. The average Bonchev–Trinajstić information content (AvgIpc) is 0.746. The second-order valence-corrected chi connectivity index (χ2v) is 36.9. The molecule has 0 unspecified atom stereocenters. The van der Waals surface area contributed by atoms with E-state index in [1.54, 1.807) is 54.5 Å². The maximum Gasteiger partial charge on any atom is 0.303 e. The molecule has 4 N–H and O–H groups in total. The maximum atomic E-state index is 15.7. The van der Waals surface area contributed by atoms with Crippen molar-refractivity contribution in [1.29, 1.82) is 0 Å². The van der Waals surface area contributed by atoms with Crippen LogP contribution in [0.5, 0.6) is 0 Å². The SMILES string of the molecule is C/C=C/C[C@@H](C)[C@@H](OC(C)=O)[C@H]1C(=O)N[C@@H](CC)C(=O)N(C)[C@H](C)C(=O)N(C)[C@@H]([C@H](C)CCO[Si](c2ccccc2)(c2ccccc2)C(C)(C)C)C(=O)N[C@@H](C(C)C)C(=O)N(C)[C@@H](CC(C)C)C(=O)N[C@@H](C)C(=O)N[C@H](C)C(=O)N(C)[C@@H](CC(C)C)C(=O)N(C)[C@@H](CC(C)C)C(=O)N(C)[C@@H](C(C)C)C(=O)N1C. The number of nitrogens with one attached hydrogen (secondary N) is 4. The van der Waals surface area contributed by atoms with Crippen molar-refractivity contribution in [2.24, 2.45) is 41.4 Å². The Morgan fingerprint density at radius 2 is 0.935 bits per heavy atom.